The highest BCUT2D eigenvalue weighted by atomic mass is 16.5. The quantitative estimate of drug-likeness (QED) is 0.508. The second-order valence-corrected chi connectivity index (χ2v) is 7.27. The van der Waals surface area contributed by atoms with E-state index in [-0.39, 0.29) is 6.04 Å². The maximum Gasteiger partial charge on any atom is 0.244 e. The second-order valence-electron chi connectivity index (χ2n) is 7.27. The number of pyridine rings is 1. The molecule has 148 valence electrons. The summed E-state index contributed by atoms with van der Waals surface area (Å²) in [5, 5.41) is 13.1. The summed E-state index contributed by atoms with van der Waals surface area (Å²) in [7, 11) is 0. The molecule has 5 rings (SSSR count). The standard InChI is InChI=1S/C22H19N7O/c23-12-16-3-5-17(6-4-16)14-28-10-1-2-19(28)22-26-21(27-30-22)18-7-8-20(25-13-18)29-11-9-24-15-29/h3-9,11,13,15,19H,1-2,10,14H2/t19-/m0/s1. The third kappa shape index (κ3) is 3.58. The number of imidazole rings is 1. The lowest BCUT2D eigenvalue weighted by Crippen LogP contribution is -2.23. The first-order chi connectivity index (χ1) is 14.8. The van der Waals surface area contributed by atoms with E-state index in [1.54, 1.807) is 18.7 Å². The SMILES string of the molecule is N#Cc1ccc(CN2CCC[C@H]2c2nc(-c3ccc(-n4ccnc4)nc3)no2)cc1. The van der Waals surface area contributed by atoms with Crippen LogP contribution in [0.5, 0.6) is 0 Å². The van der Waals surface area contributed by atoms with Gasteiger partial charge in [-0.1, -0.05) is 17.3 Å². The molecule has 8 heteroatoms. The van der Waals surface area contributed by atoms with Gasteiger partial charge in [0.2, 0.25) is 11.7 Å². The third-order valence-electron chi connectivity index (χ3n) is 5.33. The van der Waals surface area contributed by atoms with Gasteiger partial charge in [-0.15, -0.1) is 0 Å². The van der Waals surface area contributed by atoms with Crippen LogP contribution in [0, 0.1) is 11.3 Å². The zero-order valence-electron chi connectivity index (χ0n) is 16.2. The van der Waals surface area contributed by atoms with Crippen molar-refractivity contribution in [3.05, 3.63) is 78.3 Å². The van der Waals surface area contributed by atoms with E-state index in [4.69, 9.17) is 9.78 Å². The summed E-state index contributed by atoms with van der Waals surface area (Å²) in [5.74, 6) is 1.96. The predicted octanol–water partition coefficient (Wildman–Crippen LogP) is 3.53. The summed E-state index contributed by atoms with van der Waals surface area (Å²) in [6, 6.07) is 13.8. The van der Waals surface area contributed by atoms with E-state index in [2.05, 4.69) is 31.1 Å². The van der Waals surface area contributed by atoms with Crippen LogP contribution in [0.15, 0.2) is 65.8 Å². The Kier molecular flexibility index (Phi) is 4.79. The minimum atomic E-state index is 0.0973. The molecule has 0 spiro atoms. The van der Waals surface area contributed by atoms with Crippen LogP contribution in [-0.2, 0) is 6.54 Å². The Bertz CT molecular complexity index is 1160. The Morgan fingerprint density at radius 1 is 1.17 bits per heavy atom. The fourth-order valence-electron chi connectivity index (χ4n) is 3.77. The summed E-state index contributed by atoms with van der Waals surface area (Å²) >= 11 is 0. The van der Waals surface area contributed by atoms with Gasteiger partial charge in [0.25, 0.3) is 0 Å². The molecule has 3 aromatic heterocycles. The van der Waals surface area contributed by atoms with Gasteiger partial charge in [-0.05, 0) is 49.2 Å². The molecule has 0 radical (unpaired) electrons. The van der Waals surface area contributed by atoms with Crippen LogP contribution in [0.3, 0.4) is 0 Å². The van der Waals surface area contributed by atoms with Gasteiger partial charge in [0, 0.05) is 30.7 Å². The first kappa shape index (κ1) is 18.2. The monoisotopic (exact) mass is 397 g/mol. The van der Waals surface area contributed by atoms with Gasteiger partial charge in [-0.25, -0.2) is 9.97 Å². The molecule has 0 bridgehead atoms. The molecule has 0 N–H and O–H groups in total. The minimum absolute atomic E-state index is 0.0973. The highest BCUT2D eigenvalue weighted by Gasteiger charge is 2.30. The molecule has 0 amide bonds. The number of hydrogen-bond acceptors (Lipinski definition) is 7. The summed E-state index contributed by atoms with van der Waals surface area (Å²) in [5.41, 5.74) is 2.65. The van der Waals surface area contributed by atoms with Gasteiger partial charge in [-0.2, -0.15) is 10.2 Å². The van der Waals surface area contributed by atoms with Crippen LogP contribution in [-0.4, -0.2) is 36.1 Å². The van der Waals surface area contributed by atoms with Crippen LogP contribution in [0.4, 0.5) is 0 Å². The molecule has 0 unspecified atom stereocenters. The van der Waals surface area contributed by atoms with Crippen LogP contribution < -0.4 is 0 Å². The van der Waals surface area contributed by atoms with E-state index < -0.39 is 0 Å². The number of nitriles is 1. The van der Waals surface area contributed by atoms with Gasteiger partial charge < -0.3 is 4.52 Å². The number of likely N-dealkylation sites (tertiary alicyclic amines) is 1. The molecule has 0 aliphatic carbocycles. The van der Waals surface area contributed by atoms with E-state index in [1.165, 1.54) is 5.56 Å². The van der Waals surface area contributed by atoms with Crippen molar-refractivity contribution in [1.82, 2.24) is 29.6 Å². The maximum atomic E-state index is 8.97. The molecule has 1 saturated heterocycles. The van der Waals surface area contributed by atoms with E-state index in [0.717, 1.165) is 37.3 Å². The van der Waals surface area contributed by atoms with E-state index in [0.29, 0.717) is 17.3 Å². The first-order valence-electron chi connectivity index (χ1n) is 9.81. The normalized spacial score (nSPS) is 16.6. The number of nitrogens with zero attached hydrogens (tertiary/aromatic N) is 7. The van der Waals surface area contributed by atoms with Crippen molar-refractivity contribution in [2.45, 2.75) is 25.4 Å². The number of aromatic nitrogens is 5. The van der Waals surface area contributed by atoms with Crippen molar-refractivity contribution in [2.75, 3.05) is 6.54 Å². The Morgan fingerprint density at radius 3 is 2.80 bits per heavy atom. The van der Waals surface area contributed by atoms with Crippen molar-refractivity contribution in [3.8, 4) is 23.3 Å². The Morgan fingerprint density at radius 2 is 2.07 bits per heavy atom. The minimum Gasteiger partial charge on any atom is -0.337 e. The van der Waals surface area contributed by atoms with Gasteiger partial charge in [-0.3, -0.25) is 9.47 Å². The van der Waals surface area contributed by atoms with Gasteiger partial charge in [0.15, 0.2) is 0 Å². The van der Waals surface area contributed by atoms with Crippen LogP contribution >= 0.6 is 0 Å². The first-order valence-corrected chi connectivity index (χ1v) is 9.81. The highest BCUT2D eigenvalue weighted by Crippen LogP contribution is 2.33. The van der Waals surface area contributed by atoms with Crippen molar-refractivity contribution < 1.29 is 4.52 Å². The van der Waals surface area contributed by atoms with Crippen molar-refractivity contribution >= 4 is 0 Å². The lowest BCUT2D eigenvalue weighted by Gasteiger charge is -2.21. The average Bonchev–Trinajstić information content (AvgIpc) is 3.56. The topological polar surface area (TPSA) is 96.7 Å². The van der Waals surface area contributed by atoms with Gasteiger partial charge in [0.05, 0.1) is 17.7 Å². The molecule has 8 nitrogen and oxygen atoms in total. The molecular formula is C22H19N7O. The smallest absolute Gasteiger partial charge is 0.244 e. The zero-order chi connectivity index (χ0) is 20.3. The average molecular weight is 397 g/mol. The largest absolute Gasteiger partial charge is 0.337 e. The van der Waals surface area contributed by atoms with Gasteiger partial charge >= 0.3 is 0 Å². The van der Waals surface area contributed by atoms with Crippen LogP contribution in [0.1, 0.15) is 35.9 Å². The Hall–Kier alpha value is -3.83. The molecule has 1 atom stereocenters. The molecule has 1 aliphatic rings. The zero-order valence-corrected chi connectivity index (χ0v) is 16.2. The van der Waals surface area contributed by atoms with Crippen molar-refractivity contribution in [1.29, 1.82) is 5.26 Å². The molecule has 0 saturated carbocycles. The number of rotatable bonds is 5. The highest BCUT2D eigenvalue weighted by molar-refractivity contribution is 5.53. The van der Waals surface area contributed by atoms with Gasteiger partial charge in [0.1, 0.15) is 12.1 Å². The Labute approximate surface area is 173 Å². The fourth-order valence-corrected chi connectivity index (χ4v) is 3.77. The number of hydrogen-bond donors (Lipinski definition) is 0. The third-order valence-corrected chi connectivity index (χ3v) is 5.33. The molecule has 30 heavy (non-hydrogen) atoms. The molecule has 4 heterocycles. The maximum absolute atomic E-state index is 8.97. The fraction of sp³-hybridized carbons (Fsp3) is 0.227. The summed E-state index contributed by atoms with van der Waals surface area (Å²) in [4.78, 5) is 15.5. The predicted molar refractivity (Wildman–Crippen MR) is 108 cm³/mol. The second kappa shape index (κ2) is 7.89. The van der Waals surface area contributed by atoms with Crippen molar-refractivity contribution in [2.24, 2.45) is 0 Å². The summed E-state index contributed by atoms with van der Waals surface area (Å²) in [6.45, 7) is 1.76. The van der Waals surface area contributed by atoms with E-state index in [9.17, 15) is 0 Å². The molecule has 1 aliphatic heterocycles. The van der Waals surface area contributed by atoms with E-state index >= 15 is 0 Å². The molecular weight excluding hydrogens is 378 g/mol. The number of benzene rings is 1. The van der Waals surface area contributed by atoms with Crippen LogP contribution in [0.25, 0.3) is 17.2 Å². The van der Waals surface area contributed by atoms with Crippen LogP contribution in [0.2, 0.25) is 0 Å². The Balaban J connectivity index is 1.32. The van der Waals surface area contributed by atoms with E-state index in [1.807, 2.05) is 47.2 Å². The lowest BCUT2D eigenvalue weighted by atomic mass is 10.1. The molecule has 1 aromatic carbocycles. The molecule has 1 fully saturated rings. The summed E-state index contributed by atoms with van der Waals surface area (Å²) in [6.07, 6.45) is 9.07. The molecule has 4 aromatic rings. The summed E-state index contributed by atoms with van der Waals surface area (Å²) < 4.78 is 7.46. The van der Waals surface area contributed by atoms with Crippen molar-refractivity contribution in [3.63, 3.8) is 0 Å². The lowest BCUT2D eigenvalue weighted by molar-refractivity contribution is 0.201.